The Morgan fingerprint density at radius 1 is 1.06 bits per heavy atom. The number of hydrogen-bond acceptors (Lipinski definition) is 9. The average molecular weight is 684 g/mol. The first-order valence-corrected chi connectivity index (χ1v) is 16.7. The van der Waals surface area contributed by atoms with Gasteiger partial charge in [0, 0.05) is 74.8 Å². The number of aryl methyl sites for hydroxylation is 1. The Hall–Kier alpha value is -4.01. The second-order valence-electron chi connectivity index (χ2n) is 13.5. The number of anilines is 1. The molecule has 14 heteroatoms. The number of H-pyrrole nitrogens is 1. The Labute approximate surface area is 281 Å². The van der Waals surface area contributed by atoms with Crippen LogP contribution in [0.15, 0.2) is 24.9 Å². The zero-order chi connectivity index (χ0) is 34.3. The number of benzene rings is 2. The number of aromatic nitrogens is 4. The Bertz CT molecular complexity index is 1840. The molecule has 4 aromatic rings. The molecule has 2 aromatic carbocycles. The SMILES string of the molecule is C=Cc1cc2c(N3CCC4(CC3)CNC4)nc(OC3CCN(CCOC)CC3)nc2c(OCC(F)(F)F)c1-c1c(C)cc(F)c2[nH]ncc12. The van der Waals surface area contributed by atoms with Gasteiger partial charge in [-0.25, -0.2) is 4.39 Å². The van der Waals surface area contributed by atoms with Crippen LogP contribution in [0.1, 0.15) is 36.8 Å². The molecule has 3 aliphatic rings. The molecule has 0 bridgehead atoms. The first kappa shape index (κ1) is 33.5. The summed E-state index contributed by atoms with van der Waals surface area (Å²) in [5, 5.41) is 11.0. The number of hydrogen-bond donors (Lipinski definition) is 2. The van der Waals surface area contributed by atoms with Crippen LogP contribution in [0, 0.1) is 18.2 Å². The van der Waals surface area contributed by atoms with Gasteiger partial charge in [0.15, 0.2) is 12.4 Å². The summed E-state index contributed by atoms with van der Waals surface area (Å²) in [6, 6.07) is 3.26. The Balaban J connectivity index is 1.39. The third-order valence-electron chi connectivity index (χ3n) is 10.2. The van der Waals surface area contributed by atoms with Gasteiger partial charge in [0.2, 0.25) is 0 Å². The molecule has 49 heavy (non-hydrogen) atoms. The fourth-order valence-corrected chi connectivity index (χ4v) is 7.41. The highest BCUT2D eigenvalue weighted by Crippen LogP contribution is 2.47. The third kappa shape index (κ3) is 6.65. The quantitative estimate of drug-likeness (QED) is 0.199. The summed E-state index contributed by atoms with van der Waals surface area (Å²) < 4.78 is 74.0. The number of piperidine rings is 2. The van der Waals surface area contributed by atoms with Crippen molar-refractivity contribution in [1.29, 1.82) is 0 Å². The van der Waals surface area contributed by atoms with Crippen molar-refractivity contribution in [3.8, 4) is 22.9 Å². The number of halogens is 4. The van der Waals surface area contributed by atoms with Crippen molar-refractivity contribution in [3.63, 3.8) is 0 Å². The Morgan fingerprint density at radius 2 is 1.82 bits per heavy atom. The maximum Gasteiger partial charge on any atom is 0.422 e. The molecule has 0 unspecified atom stereocenters. The number of rotatable bonds is 10. The number of fused-ring (bicyclic) bond motifs is 2. The molecule has 7 rings (SSSR count). The van der Waals surface area contributed by atoms with Crippen molar-refractivity contribution >= 4 is 33.7 Å². The van der Waals surface area contributed by atoms with Crippen LogP contribution in [0.25, 0.3) is 39.0 Å². The van der Waals surface area contributed by atoms with E-state index in [1.54, 1.807) is 20.1 Å². The fraction of sp³-hybridized carbons (Fsp3) is 0.514. The van der Waals surface area contributed by atoms with Crippen molar-refractivity contribution in [3.05, 3.63) is 41.9 Å². The molecule has 0 aliphatic carbocycles. The summed E-state index contributed by atoms with van der Waals surface area (Å²) in [5.41, 5.74) is 2.36. The third-order valence-corrected chi connectivity index (χ3v) is 10.2. The van der Waals surface area contributed by atoms with Crippen molar-refractivity contribution < 1.29 is 31.8 Å². The van der Waals surface area contributed by atoms with E-state index in [0.29, 0.717) is 45.5 Å². The zero-order valence-electron chi connectivity index (χ0n) is 27.8. The lowest BCUT2D eigenvalue weighted by atomic mass is 9.73. The molecular weight excluding hydrogens is 642 g/mol. The molecule has 3 fully saturated rings. The first-order valence-electron chi connectivity index (χ1n) is 16.7. The van der Waals surface area contributed by atoms with E-state index in [1.807, 2.05) is 6.07 Å². The Kier molecular flexibility index (Phi) is 9.13. The van der Waals surface area contributed by atoms with E-state index in [1.165, 1.54) is 12.3 Å². The molecule has 10 nitrogen and oxygen atoms in total. The highest BCUT2D eigenvalue weighted by atomic mass is 19.4. The van der Waals surface area contributed by atoms with Gasteiger partial charge in [-0.05, 0) is 61.3 Å². The number of likely N-dealkylation sites (tertiary alicyclic amines) is 1. The van der Waals surface area contributed by atoms with Gasteiger partial charge in [0.1, 0.15) is 28.8 Å². The van der Waals surface area contributed by atoms with E-state index in [2.05, 4.69) is 31.9 Å². The number of nitrogens with zero attached hydrogens (tertiary/aromatic N) is 5. The monoisotopic (exact) mass is 683 g/mol. The van der Waals surface area contributed by atoms with Crippen molar-refractivity contribution in [2.45, 2.75) is 44.9 Å². The Morgan fingerprint density at radius 3 is 2.47 bits per heavy atom. The molecular formula is C35H41F4N7O3. The minimum absolute atomic E-state index is 0.0851. The van der Waals surface area contributed by atoms with Gasteiger partial charge in [-0.2, -0.15) is 28.2 Å². The van der Waals surface area contributed by atoms with E-state index in [-0.39, 0.29) is 34.3 Å². The molecule has 5 heterocycles. The van der Waals surface area contributed by atoms with E-state index in [4.69, 9.17) is 24.2 Å². The molecule has 1 spiro atoms. The van der Waals surface area contributed by atoms with Crippen LogP contribution in [0.3, 0.4) is 0 Å². The van der Waals surface area contributed by atoms with Gasteiger partial charge < -0.3 is 29.3 Å². The lowest BCUT2D eigenvalue weighted by Gasteiger charge is -2.48. The van der Waals surface area contributed by atoms with Crippen molar-refractivity contribution in [2.75, 3.05) is 71.0 Å². The summed E-state index contributed by atoms with van der Waals surface area (Å²) in [4.78, 5) is 14.2. The smallest absolute Gasteiger partial charge is 0.422 e. The highest BCUT2D eigenvalue weighted by molar-refractivity contribution is 6.07. The predicted octanol–water partition coefficient (Wildman–Crippen LogP) is 5.88. The maximum atomic E-state index is 15.0. The molecule has 3 saturated heterocycles. The lowest BCUT2D eigenvalue weighted by molar-refractivity contribution is -0.153. The molecule has 0 saturated carbocycles. The topological polar surface area (TPSA) is 101 Å². The van der Waals surface area contributed by atoms with Crippen molar-refractivity contribution in [2.24, 2.45) is 5.41 Å². The van der Waals surface area contributed by atoms with Gasteiger partial charge in [-0.3, -0.25) is 5.10 Å². The predicted molar refractivity (Wildman–Crippen MR) is 180 cm³/mol. The molecule has 3 aliphatic heterocycles. The van der Waals surface area contributed by atoms with Gasteiger partial charge in [-0.1, -0.05) is 12.7 Å². The zero-order valence-corrected chi connectivity index (χ0v) is 27.8. The standard InChI is InChI=1S/C35H41F4N7O3/c1-4-22-16-24-30(31(48-20-35(37,38)39)28(22)27-21(2)15-26(36)29-25(27)17-41-44-29)42-33(49-23-5-9-45(10-6-23)13-14-47-3)43-32(24)46-11-7-34(8-12-46)18-40-19-34/h4,15-17,23,40H,1,5-14,18-20H2,2-3H3,(H,41,44). The van der Waals surface area contributed by atoms with E-state index < -0.39 is 18.6 Å². The van der Waals surface area contributed by atoms with E-state index in [9.17, 15) is 17.6 Å². The van der Waals surface area contributed by atoms with Crippen LogP contribution in [-0.2, 0) is 4.74 Å². The van der Waals surface area contributed by atoms with Crippen LogP contribution in [-0.4, -0.2) is 103 Å². The molecule has 0 radical (unpaired) electrons. The van der Waals surface area contributed by atoms with Gasteiger partial charge >= 0.3 is 12.2 Å². The first-order chi connectivity index (χ1) is 23.6. The summed E-state index contributed by atoms with van der Waals surface area (Å²) in [7, 11) is 1.68. The molecule has 262 valence electrons. The fourth-order valence-electron chi connectivity index (χ4n) is 7.41. The largest absolute Gasteiger partial charge is 0.481 e. The normalized spacial score (nSPS) is 18.7. The minimum Gasteiger partial charge on any atom is -0.481 e. The van der Waals surface area contributed by atoms with E-state index >= 15 is 0 Å². The van der Waals surface area contributed by atoms with Gasteiger partial charge in [0.05, 0.1) is 12.8 Å². The van der Waals surface area contributed by atoms with Gasteiger partial charge in [-0.15, -0.1) is 0 Å². The average Bonchev–Trinajstić information content (AvgIpc) is 3.56. The summed E-state index contributed by atoms with van der Waals surface area (Å²) in [6.45, 7) is 10.7. The van der Waals surface area contributed by atoms with Crippen LogP contribution >= 0.6 is 0 Å². The second kappa shape index (κ2) is 13.4. The van der Waals surface area contributed by atoms with Crippen molar-refractivity contribution in [1.82, 2.24) is 30.4 Å². The number of nitrogens with one attached hydrogen (secondary N) is 2. The number of alkyl halides is 3. The number of ether oxygens (including phenoxy) is 3. The minimum atomic E-state index is -4.64. The molecule has 0 amide bonds. The lowest BCUT2D eigenvalue weighted by Crippen LogP contribution is -2.58. The highest BCUT2D eigenvalue weighted by Gasteiger charge is 2.40. The number of methoxy groups -OCH3 is 1. The maximum absolute atomic E-state index is 15.0. The molecule has 2 N–H and O–H groups in total. The van der Waals surface area contributed by atoms with Crippen LogP contribution in [0.2, 0.25) is 0 Å². The summed E-state index contributed by atoms with van der Waals surface area (Å²) in [6.07, 6.45) is 1.61. The summed E-state index contributed by atoms with van der Waals surface area (Å²) >= 11 is 0. The van der Waals surface area contributed by atoms with Crippen LogP contribution in [0.5, 0.6) is 11.8 Å². The molecule has 2 aromatic heterocycles. The molecule has 0 atom stereocenters. The number of aromatic amines is 1. The van der Waals surface area contributed by atoms with Crippen LogP contribution < -0.4 is 19.7 Å². The van der Waals surface area contributed by atoms with E-state index in [0.717, 1.165) is 71.5 Å². The second-order valence-corrected chi connectivity index (χ2v) is 13.5. The van der Waals surface area contributed by atoms with Gasteiger partial charge in [0.25, 0.3) is 0 Å². The van der Waals surface area contributed by atoms with Crippen LogP contribution in [0.4, 0.5) is 23.4 Å². The summed E-state index contributed by atoms with van der Waals surface area (Å²) in [5.74, 6) is -0.0394.